The molecule has 1 aromatic rings. The Bertz CT molecular complexity index is 425. The van der Waals surface area contributed by atoms with E-state index in [9.17, 15) is 14.3 Å². The molecule has 3 nitrogen and oxygen atoms in total. The minimum Gasteiger partial charge on any atom is -0.394 e. The van der Waals surface area contributed by atoms with Crippen LogP contribution in [0.15, 0.2) is 22.7 Å². The van der Waals surface area contributed by atoms with Crippen molar-refractivity contribution in [2.45, 2.75) is 32.2 Å². The molecule has 0 bridgehead atoms. The van der Waals surface area contributed by atoms with Crippen molar-refractivity contribution in [3.8, 4) is 0 Å². The number of amides is 1. The Labute approximate surface area is 115 Å². The molecule has 0 aliphatic heterocycles. The number of halogens is 2. The van der Waals surface area contributed by atoms with Crippen LogP contribution in [0.1, 0.15) is 37.0 Å². The number of hydrogen-bond donors (Lipinski definition) is 2. The number of benzene rings is 1. The minimum atomic E-state index is -0.689. The average Bonchev–Trinajstić information content (AvgIpc) is 2.39. The van der Waals surface area contributed by atoms with Crippen LogP contribution in [0.25, 0.3) is 0 Å². The predicted molar refractivity (Wildman–Crippen MR) is 72.0 cm³/mol. The lowest BCUT2D eigenvalue weighted by molar-refractivity contribution is 0.0813. The van der Waals surface area contributed by atoms with E-state index in [-0.39, 0.29) is 16.6 Å². The third-order valence-electron chi connectivity index (χ3n) is 3.23. The SMILES string of the molecule is CCC(CC)(CO)NC(=O)c1cccc(Br)c1F. The minimum absolute atomic E-state index is 0.0240. The summed E-state index contributed by atoms with van der Waals surface area (Å²) in [6.07, 6.45) is 1.17. The first-order valence-electron chi connectivity index (χ1n) is 5.87. The Morgan fingerprint density at radius 1 is 1.44 bits per heavy atom. The van der Waals surface area contributed by atoms with E-state index in [4.69, 9.17) is 0 Å². The lowest BCUT2D eigenvalue weighted by Gasteiger charge is -2.30. The van der Waals surface area contributed by atoms with E-state index in [2.05, 4.69) is 21.2 Å². The summed E-state index contributed by atoms with van der Waals surface area (Å²) in [7, 11) is 0. The summed E-state index contributed by atoms with van der Waals surface area (Å²) >= 11 is 3.04. The van der Waals surface area contributed by atoms with Gasteiger partial charge in [-0.25, -0.2) is 4.39 Å². The van der Waals surface area contributed by atoms with E-state index in [0.717, 1.165) is 0 Å². The second-order valence-corrected chi connectivity index (χ2v) is 5.06. The van der Waals surface area contributed by atoms with Gasteiger partial charge < -0.3 is 10.4 Å². The monoisotopic (exact) mass is 317 g/mol. The zero-order chi connectivity index (χ0) is 13.8. The van der Waals surface area contributed by atoms with Gasteiger partial charge in [-0.05, 0) is 40.9 Å². The summed E-state index contributed by atoms with van der Waals surface area (Å²) < 4.78 is 14.0. The Balaban J connectivity index is 2.98. The first-order chi connectivity index (χ1) is 8.49. The van der Waals surface area contributed by atoms with Crippen molar-refractivity contribution in [2.24, 2.45) is 0 Å². The Kier molecular flexibility index (Phi) is 5.28. The van der Waals surface area contributed by atoms with Crippen molar-refractivity contribution in [3.05, 3.63) is 34.1 Å². The highest BCUT2D eigenvalue weighted by Gasteiger charge is 2.28. The summed E-state index contributed by atoms with van der Waals surface area (Å²) in [6.45, 7) is 3.58. The van der Waals surface area contributed by atoms with Gasteiger partial charge in [0.1, 0.15) is 5.82 Å². The highest BCUT2D eigenvalue weighted by atomic mass is 79.9. The summed E-state index contributed by atoms with van der Waals surface area (Å²) in [4.78, 5) is 12.0. The molecule has 1 amide bonds. The molecule has 18 heavy (non-hydrogen) atoms. The van der Waals surface area contributed by atoms with Gasteiger partial charge >= 0.3 is 0 Å². The van der Waals surface area contributed by atoms with E-state index >= 15 is 0 Å². The molecular formula is C13H17BrFNO2. The summed E-state index contributed by atoms with van der Waals surface area (Å²) in [5.41, 5.74) is -0.713. The van der Waals surface area contributed by atoms with Gasteiger partial charge in [-0.3, -0.25) is 4.79 Å². The van der Waals surface area contributed by atoms with Gasteiger partial charge in [0.15, 0.2) is 0 Å². The lowest BCUT2D eigenvalue weighted by Crippen LogP contribution is -2.50. The second kappa shape index (κ2) is 6.29. The largest absolute Gasteiger partial charge is 0.394 e. The van der Waals surface area contributed by atoms with Crippen LogP contribution in [0.5, 0.6) is 0 Å². The number of carbonyl (C=O) groups is 1. The third kappa shape index (κ3) is 3.09. The van der Waals surface area contributed by atoms with E-state index in [1.54, 1.807) is 6.07 Å². The van der Waals surface area contributed by atoms with Gasteiger partial charge in [0.2, 0.25) is 0 Å². The second-order valence-electron chi connectivity index (χ2n) is 4.20. The third-order valence-corrected chi connectivity index (χ3v) is 3.84. The first-order valence-corrected chi connectivity index (χ1v) is 6.66. The highest BCUT2D eigenvalue weighted by molar-refractivity contribution is 9.10. The number of hydrogen-bond acceptors (Lipinski definition) is 2. The Hall–Kier alpha value is -0.940. The van der Waals surface area contributed by atoms with Gasteiger partial charge in [0, 0.05) is 0 Å². The standard InChI is InChI=1S/C13H17BrFNO2/c1-3-13(4-2,8-17)16-12(18)9-6-5-7-10(14)11(9)15/h5-7,17H,3-4,8H2,1-2H3,(H,16,18). The van der Waals surface area contributed by atoms with Crippen LogP contribution in [0.4, 0.5) is 4.39 Å². The zero-order valence-corrected chi connectivity index (χ0v) is 12.1. The molecule has 0 saturated carbocycles. The van der Waals surface area contributed by atoms with Gasteiger partial charge in [-0.15, -0.1) is 0 Å². The molecule has 0 atom stereocenters. The van der Waals surface area contributed by atoms with Crippen molar-refractivity contribution in [1.29, 1.82) is 0 Å². The van der Waals surface area contributed by atoms with Gasteiger partial charge in [-0.2, -0.15) is 0 Å². The molecule has 5 heteroatoms. The molecule has 0 saturated heterocycles. The smallest absolute Gasteiger partial charge is 0.254 e. The van der Waals surface area contributed by atoms with Crippen molar-refractivity contribution in [2.75, 3.05) is 6.61 Å². The maximum atomic E-state index is 13.8. The fourth-order valence-corrected chi connectivity index (χ4v) is 2.04. The fraction of sp³-hybridized carbons (Fsp3) is 0.462. The highest BCUT2D eigenvalue weighted by Crippen LogP contribution is 2.20. The number of carbonyl (C=O) groups excluding carboxylic acids is 1. The summed E-state index contributed by atoms with van der Waals surface area (Å²) in [5.74, 6) is -1.10. The van der Waals surface area contributed by atoms with E-state index < -0.39 is 17.3 Å². The molecule has 0 fully saturated rings. The van der Waals surface area contributed by atoms with Crippen LogP contribution in [-0.2, 0) is 0 Å². The molecule has 0 unspecified atom stereocenters. The van der Waals surface area contributed by atoms with Crippen molar-refractivity contribution in [1.82, 2.24) is 5.32 Å². The molecule has 100 valence electrons. The van der Waals surface area contributed by atoms with Crippen molar-refractivity contribution < 1.29 is 14.3 Å². The van der Waals surface area contributed by atoms with Crippen LogP contribution in [0.3, 0.4) is 0 Å². The van der Waals surface area contributed by atoms with Gasteiger partial charge in [0.25, 0.3) is 5.91 Å². The molecule has 2 N–H and O–H groups in total. The topological polar surface area (TPSA) is 49.3 Å². The molecule has 0 aliphatic rings. The molecule has 1 rings (SSSR count). The number of aliphatic hydroxyl groups is 1. The molecule has 0 radical (unpaired) electrons. The van der Waals surface area contributed by atoms with Crippen molar-refractivity contribution >= 4 is 21.8 Å². The molecule has 0 spiro atoms. The molecule has 0 heterocycles. The van der Waals surface area contributed by atoms with Crippen LogP contribution < -0.4 is 5.32 Å². The van der Waals surface area contributed by atoms with Crippen LogP contribution in [0.2, 0.25) is 0 Å². The first kappa shape index (κ1) is 15.1. The van der Waals surface area contributed by atoms with Crippen LogP contribution in [-0.4, -0.2) is 23.2 Å². The Morgan fingerprint density at radius 3 is 2.56 bits per heavy atom. The predicted octanol–water partition coefficient (Wildman–Crippen LogP) is 2.87. The Morgan fingerprint density at radius 2 is 2.06 bits per heavy atom. The van der Waals surface area contributed by atoms with E-state index in [1.807, 2.05) is 13.8 Å². The van der Waals surface area contributed by atoms with E-state index in [1.165, 1.54) is 12.1 Å². The molecular weight excluding hydrogens is 301 g/mol. The van der Waals surface area contributed by atoms with Gasteiger partial charge in [0.05, 0.1) is 22.2 Å². The number of aliphatic hydroxyl groups excluding tert-OH is 1. The van der Waals surface area contributed by atoms with E-state index in [0.29, 0.717) is 12.8 Å². The van der Waals surface area contributed by atoms with Crippen molar-refractivity contribution in [3.63, 3.8) is 0 Å². The molecule has 0 aromatic heterocycles. The molecule has 1 aromatic carbocycles. The van der Waals surface area contributed by atoms with Crippen LogP contribution >= 0.6 is 15.9 Å². The van der Waals surface area contributed by atoms with Gasteiger partial charge in [-0.1, -0.05) is 19.9 Å². The fourth-order valence-electron chi connectivity index (χ4n) is 1.68. The summed E-state index contributed by atoms with van der Waals surface area (Å²) in [5, 5.41) is 12.1. The molecule has 0 aliphatic carbocycles. The number of rotatable bonds is 5. The average molecular weight is 318 g/mol. The maximum absolute atomic E-state index is 13.8. The van der Waals surface area contributed by atoms with Crippen LogP contribution in [0, 0.1) is 5.82 Å². The quantitative estimate of drug-likeness (QED) is 0.877. The zero-order valence-electron chi connectivity index (χ0n) is 10.5. The summed E-state index contributed by atoms with van der Waals surface area (Å²) in [6, 6.07) is 4.55. The maximum Gasteiger partial charge on any atom is 0.254 e. The lowest BCUT2D eigenvalue weighted by atomic mass is 9.93. The normalized spacial score (nSPS) is 11.4. The number of nitrogens with one attached hydrogen (secondary N) is 1.